The van der Waals surface area contributed by atoms with E-state index in [-0.39, 0.29) is 23.6 Å². The van der Waals surface area contributed by atoms with Crippen LogP contribution in [0.4, 0.5) is 0 Å². The van der Waals surface area contributed by atoms with E-state index < -0.39 is 10.0 Å². The van der Waals surface area contributed by atoms with Gasteiger partial charge in [-0.25, -0.2) is 12.7 Å². The molecule has 0 saturated carbocycles. The van der Waals surface area contributed by atoms with Crippen molar-refractivity contribution in [3.63, 3.8) is 0 Å². The van der Waals surface area contributed by atoms with Crippen LogP contribution < -0.4 is 0 Å². The summed E-state index contributed by atoms with van der Waals surface area (Å²) in [5.74, 6) is 0.0981. The number of benzene rings is 1. The lowest BCUT2D eigenvalue weighted by atomic mass is 9.95. The molecule has 29 heavy (non-hydrogen) atoms. The maximum absolute atomic E-state index is 13.0. The number of hydrogen-bond donors (Lipinski definition) is 0. The normalized spacial score (nSPS) is 21.9. The molecule has 0 spiro atoms. The molecule has 7 nitrogen and oxygen atoms in total. The summed E-state index contributed by atoms with van der Waals surface area (Å²) in [5.41, 5.74) is 0.795. The predicted molar refractivity (Wildman–Crippen MR) is 110 cm³/mol. The van der Waals surface area contributed by atoms with E-state index in [2.05, 4.69) is 5.10 Å². The van der Waals surface area contributed by atoms with Gasteiger partial charge in [0.15, 0.2) is 0 Å². The Morgan fingerprint density at radius 2 is 1.79 bits per heavy atom. The summed E-state index contributed by atoms with van der Waals surface area (Å²) in [4.78, 5) is 15.0. The highest BCUT2D eigenvalue weighted by atomic mass is 32.2. The first-order valence-electron chi connectivity index (χ1n) is 10.3. The highest BCUT2D eigenvalue weighted by Crippen LogP contribution is 2.27. The van der Waals surface area contributed by atoms with E-state index in [1.807, 2.05) is 52.2 Å². The smallest absolute Gasteiger partial charge is 0.225 e. The van der Waals surface area contributed by atoms with E-state index in [1.165, 1.54) is 0 Å². The molecule has 0 radical (unpaired) electrons. The van der Waals surface area contributed by atoms with Crippen LogP contribution in [-0.4, -0.2) is 59.5 Å². The molecule has 2 aliphatic heterocycles. The summed E-state index contributed by atoms with van der Waals surface area (Å²) in [6, 6.07) is 11.4. The Bertz CT molecular complexity index is 907. The van der Waals surface area contributed by atoms with Crippen LogP contribution in [0.15, 0.2) is 48.8 Å². The predicted octanol–water partition coefficient (Wildman–Crippen LogP) is 2.29. The van der Waals surface area contributed by atoms with Crippen LogP contribution in [0.2, 0.25) is 0 Å². The number of amides is 1. The Labute approximate surface area is 172 Å². The van der Waals surface area contributed by atoms with Crippen LogP contribution in [0.25, 0.3) is 0 Å². The number of rotatable bonds is 5. The van der Waals surface area contributed by atoms with Gasteiger partial charge in [0.05, 0.1) is 11.8 Å². The number of carbonyl (C=O) groups excluding carboxylic acids is 1. The lowest BCUT2D eigenvalue weighted by Crippen LogP contribution is -2.47. The lowest BCUT2D eigenvalue weighted by Gasteiger charge is -2.37. The first-order chi connectivity index (χ1) is 14.0. The molecule has 4 rings (SSSR count). The van der Waals surface area contributed by atoms with Crippen LogP contribution in [0.5, 0.6) is 0 Å². The molecule has 0 bridgehead atoms. The molecule has 1 aromatic heterocycles. The van der Waals surface area contributed by atoms with Gasteiger partial charge in [0.1, 0.15) is 0 Å². The van der Waals surface area contributed by atoms with Gasteiger partial charge in [0.2, 0.25) is 15.9 Å². The first kappa shape index (κ1) is 20.1. The summed E-state index contributed by atoms with van der Waals surface area (Å²) in [6.45, 7) is 2.31. The van der Waals surface area contributed by atoms with Gasteiger partial charge in [0.25, 0.3) is 0 Å². The zero-order valence-electron chi connectivity index (χ0n) is 16.6. The second-order valence-electron chi connectivity index (χ2n) is 7.98. The monoisotopic (exact) mass is 416 g/mol. The molecule has 2 aromatic rings. The summed E-state index contributed by atoms with van der Waals surface area (Å²) in [6.07, 6.45) is 6.91. The van der Waals surface area contributed by atoms with Gasteiger partial charge < -0.3 is 4.90 Å². The lowest BCUT2D eigenvalue weighted by molar-refractivity contribution is -0.138. The zero-order valence-corrected chi connectivity index (χ0v) is 17.4. The van der Waals surface area contributed by atoms with Gasteiger partial charge in [0, 0.05) is 44.5 Å². The van der Waals surface area contributed by atoms with Gasteiger partial charge >= 0.3 is 0 Å². The molecule has 2 fully saturated rings. The van der Waals surface area contributed by atoms with Crippen LogP contribution >= 0.6 is 0 Å². The second kappa shape index (κ2) is 8.67. The van der Waals surface area contributed by atoms with Crippen LogP contribution in [0, 0.1) is 5.92 Å². The van der Waals surface area contributed by atoms with Crippen molar-refractivity contribution in [3.8, 4) is 0 Å². The second-order valence-corrected chi connectivity index (χ2v) is 9.95. The molecule has 1 atom stereocenters. The molecule has 3 heterocycles. The van der Waals surface area contributed by atoms with E-state index in [4.69, 9.17) is 0 Å². The number of carbonyl (C=O) groups is 1. The van der Waals surface area contributed by atoms with E-state index in [0.717, 1.165) is 24.9 Å². The SMILES string of the molecule is O=C(C1CCN(S(=O)(=O)Cc2ccccc2)CC1)N1CCCC(n2cccn2)C1. The summed E-state index contributed by atoms with van der Waals surface area (Å²) >= 11 is 0. The van der Waals surface area contributed by atoms with Crippen molar-refractivity contribution in [1.82, 2.24) is 19.0 Å². The Balaban J connectivity index is 1.32. The third-order valence-corrected chi connectivity index (χ3v) is 7.85. The molecule has 0 aliphatic carbocycles. The van der Waals surface area contributed by atoms with Gasteiger partial charge in [-0.2, -0.15) is 5.10 Å². The highest BCUT2D eigenvalue weighted by molar-refractivity contribution is 7.88. The molecule has 8 heteroatoms. The molecule has 2 aliphatic rings. The van der Waals surface area contributed by atoms with E-state index in [0.29, 0.717) is 32.5 Å². The van der Waals surface area contributed by atoms with Crippen molar-refractivity contribution in [1.29, 1.82) is 0 Å². The van der Waals surface area contributed by atoms with Gasteiger partial charge in [-0.3, -0.25) is 9.48 Å². The summed E-state index contributed by atoms with van der Waals surface area (Å²) in [5, 5.41) is 4.32. The Hall–Kier alpha value is -2.19. The average Bonchev–Trinajstić information content (AvgIpc) is 3.29. The number of nitrogens with zero attached hydrogens (tertiary/aromatic N) is 4. The van der Waals surface area contributed by atoms with Crippen molar-refractivity contribution >= 4 is 15.9 Å². The Kier molecular flexibility index (Phi) is 6.01. The molecular weight excluding hydrogens is 388 g/mol. The molecule has 1 amide bonds. The third kappa shape index (κ3) is 4.70. The Morgan fingerprint density at radius 1 is 1.03 bits per heavy atom. The molecule has 156 valence electrons. The van der Waals surface area contributed by atoms with Crippen molar-refractivity contribution in [2.75, 3.05) is 26.2 Å². The minimum atomic E-state index is -3.35. The molecule has 1 aromatic carbocycles. The first-order valence-corrected chi connectivity index (χ1v) is 11.9. The van der Waals surface area contributed by atoms with Crippen molar-refractivity contribution in [3.05, 3.63) is 54.4 Å². The number of sulfonamides is 1. The van der Waals surface area contributed by atoms with E-state index in [1.54, 1.807) is 10.5 Å². The summed E-state index contributed by atoms with van der Waals surface area (Å²) in [7, 11) is -3.35. The zero-order chi connectivity index (χ0) is 20.3. The fraction of sp³-hybridized carbons (Fsp3) is 0.524. The van der Waals surface area contributed by atoms with Crippen molar-refractivity contribution in [2.24, 2.45) is 5.92 Å². The maximum atomic E-state index is 13.0. The van der Waals surface area contributed by atoms with E-state index in [9.17, 15) is 13.2 Å². The maximum Gasteiger partial charge on any atom is 0.225 e. The van der Waals surface area contributed by atoms with Crippen molar-refractivity contribution in [2.45, 2.75) is 37.5 Å². The highest BCUT2D eigenvalue weighted by Gasteiger charge is 2.34. The number of aromatic nitrogens is 2. The molecular formula is C21H28N4O3S. The minimum absolute atomic E-state index is 0.0180. The molecule has 1 unspecified atom stereocenters. The largest absolute Gasteiger partial charge is 0.340 e. The van der Waals surface area contributed by atoms with Gasteiger partial charge in [-0.1, -0.05) is 30.3 Å². The molecule has 2 saturated heterocycles. The Morgan fingerprint density at radius 3 is 2.48 bits per heavy atom. The minimum Gasteiger partial charge on any atom is -0.340 e. The third-order valence-electron chi connectivity index (χ3n) is 6.00. The van der Waals surface area contributed by atoms with Crippen LogP contribution in [-0.2, 0) is 20.6 Å². The van der Waals surface area contributed by atoms with Crippen LogP contribution in [0.3, 0.4) is 0 Å². The van der Waals surface area contributed by atoms with E-state index >= 15 is 0 Å². The summed E-state index contributed by atoms with van der Waals surface area (Å²) < 4.78 is 28.9. The number of likely N-dealkylation sites (tertiary alicyclic amines) is 1. The van der Waals surface area contributed by atoms with Crippen molar-refractivity contribution < 1.29 is 13.2 Å². The fourth-order valence-electron chi connectivity index (χ4n) is 4.38. The molecule has 0 N–H and O–H groups in total. The number of piperidine rings is 2. The average molecular weight is 417 g/mol. The number of hydrogen-bond acceptors (Lipinski definition) is 4. The quantitative estimate of drug-likeness (QED) is 0.749. The fourth-order valence-corrected chi connectivity index (χ4v) is 5.95. The topological polar surface area (TPSA) is 75.5 Å². The van der Waals surface area contributed by atoms with Crippen LogP contribution in [0.1, 0.15) is 37.3 Å². The van der Waals surface area contributed by atoms with Gasteiger partial charge in [-0.15, -0.1) is 0 Å². The standard InChI is InChI=1S/C21H28N4O3S/c26-21(23-12-4-8-20(16-23)25-13-5-11-22-25)19-9-14-24(15-10-19)29(27,28)17-18-6-2-1-3-7-18/h1-3,5-7,11,13,19-20H,4,8-10,12,14-17H2. The van der Waals surface area contributed by atoms with Gasteiger partial charge in [-0.05, 0) is 37.3 Å².